The second-order valence-electron chi connectivity index (χ2n) is 5.34. The highest BCUT2D eigenvalue weighted by atomic mass is 35.5. The molecule has 0 aliphatic heterocycles. The average Bonchev–Trinajstić information content (AvgIpc) is 2.45. The quantitative estimate of drug-likeness (QED) is 0.756. The molecule has 1 amide bonds. The molecule has 0 aromatic heterocycles. The lowest BCUT2D eigenvalue weighted by atomic mass is 9.97. The van der Waals surface area contributed by atoms with Crippen LogP contribution in [0.25, 0.3) is 0 Å². The van der Waals surface area contributed by atoms with Crippen molar-refractivity contribution in [2.75, 3.05) is 26.8 Å². The van der Waals surface area contributed by atoms with E-state index in [0.29, 0.717) is 18.1 Å². The molecule has 0 saturated heterocycles. The maximum absolute atomic E-state index is 12.2. The molecule has 0 radical (unpaired) electrons. The number of rotatable bonds is 9. The summed E-state index contributed by atoms with van der Waals surface area (Å²) in [7, 11) is 1.52. The van der Waals surface area contributed by atoms with Gasteiger partial charge in [0.1, 0.15) is 6.54 Å². The van der Waals surface area contributed by atoms with Gasteiger partial charge < -0.3 is 14.7 Å². The molecule has 22 heavy (non-hydrogen) atoms. The van der Waals surface area contributed by atoms with Gasteiger partial charge in [0, 0.05) is 25.1 Å². The van der Waals surface area contributed by atoms with Gasteiger partial charge in [-0.05, 0) is 30.0 Å². The first-order valence-corrected chi connectivity index (χ1v) is 7.53. The summed E-state index contributed by atoms with van der Waals surface area (Å²) in [5.41, 5.74) is 1.10. The number of hydrogen-bond donors (Lipinski definition) is 1. The SMILES string of the molecule is COCCN(CC(=O)O)C(=O)CC(C)Cc1ccc(Cl)cc1. The minimum Gasteiger partial charge on any atom is -0.480 e. The number of methoxy groups -OCH3 is 1. The van der Waals surface area contributed by atoms with Gasteiger partial charge in [0.2, 0.25) is 5.91 Å². The maximum Gasteiger partial charge on any atom is 0.323 e. The van der Waals surface area contributed by atoms with E-state index in [1.54, 1.807) is 0 Å². The molecule has 0 saturated carbocycles. The Labute approximate surface area is 135 Å². The minimum absolute atomic E-state index is 0.118. The number of carbonyl (C=O) groups is 2. The Kier molecular flexibility index (Phi) is 7.91. The Hall–Kier alpha value is -1.59. The van der Waals surface area contributed by atoms with E-state index in [1.807, 2.05) is 31.2 Å². The monoisotopic (exact) mass is 327 g/mol. The van der Waals surface area contributed by atoms with Crippen LogP contribution in [0.5, 0.6) is 0 Å². The Morgan fingerprint density at radius 3 is 2.50 bits per heavy atom. The molecule has 6 heteroatoms. The number of aliphatic carboxylic acids is 1. The molecule has 1 N–H and O–H groups in total. The van der Waals surface area contributed by atoms with Crippen molar-refractivity contribution in [1.82, 2.24) is 4.90 Å². The molecule has 1 aromatic carbocycles. The van der Waals surface area contributed by atoms with Crippen molar-refractivity contribution in [2.45, 2.75) is 19.8 Å². The van der Waals surface area contributed by atoms with Crippen LogP contribution < -0.4 is 0 Å². The summed E-state index contributed by atoms with van der Waals surface area (Å²) in [4.78, 5) is 24.4. The Balaban J connectivity index is 2.55. The number of nitrogens with zero attached hydrogens (tertiary/aromatic N) is 1. The van der Waals surface area contributed by atoms with Gasteiger partial charge in [-0.2, -0.15) is 0 Å². The fourth-order valence-electron chi connectivity index (χ4n) is 2.18. The zero-order valence-electron chi connectivity index (χ0n) is 12.9. The van der Waals surface area contributed by atoms with E-state index < -0.39 is 5.97 Å². The van der Waals surface area contributed by atoms with Crippen molar-refractivity contribution < 1.29 is 19.4 Å². The molecular formula is C16H22ClNO4. The summed E-state index contributed by atoms with van der Waals surface area (Å²) in [5, 5.41) is 9.56. The fourth-order valence-corrected chi connectivity index (χ4v) is 2.30. The first-order chi connectivity index (χ1) is 10.4. The smallest absolute Gasteiger partial charge is 0.323 e. The molecule has 0 heterocycles. The highest BCUT2D eigenvalue weighted by Crippen LogP contribution is 2.16. The topological polar surface area (TPSA) is 66.8 Å². The van der Waals surface area contributed by atoms with E-state index >= 15 is 0 Å². The van der Waals surface area contributed by atoms with Gasteiger partial charge in [0.25, 0.3) is 0 Å². The Morgan fingerprint density at radius 2 is 1.95 bits per heavy atom. The molecule has 0 aliphatic carbocycles. The zero-order chi connectivity index (χ0) is 16.5. The highest BCUT2D eigenvalue weighted by Gasteiger charge is 2.19. The van der Waals surface area contributed by atoms with Gasteiger partial charge in [-0.25, -0.2) is 0 Å². The number of amides is 1. The first-order valence-electron chi connectivity index (χ1n) is 7.15. The standard InChI is InChI=1S/C16H22ClNO4/c1-12(9-13-3-5-14(17)6-4-13)10-15(19)18(7-8-22-2)11-16(20)21/h3-6,12H,7-11H2,1-2H3,(H,20,21). The number of carboxylic acids is 1. The van der Waals surface area contributed by atoms with Gasteiger partial charge in [-0.15, -0.1) is 0 Å². The summed E-state index contributed by atoms with van der Waals surface area (Å²) in [5.74, 6) is -1.07. The van der Waals surface area contributed by atoms with Gasteiger partial charge in [0.05, 0.1) is 6.61 Å². The first kappa shape index (κ1) is 18.5. The van der Waals surface area contributed by atoms with Gasteiger partial charge in [0.15, 0.2) is 0 Å². The van der Waals surface area contributed by atoms with E-state index in [2.05, 4.69) is 0 Å². The third-order valence-corrected chi connectivity index (χ3v) is 3.52. The molecule has 1 aromatic rings. The molecule has 0 bridgehead atoms. The second kappa shape index (κ2) is 9.43. The van der Waals surface area contributed by atoms with Crippen molar-refractivity contribution in [2.24, 2.45) is 5.92 Å². The Morgan fingerprint density at radius 1 is 1.32 bits per heavy atom. The van der Waals surface area contributed by atoms with E-state index in [4.69, 9.17) is 21.4 Å². The van der Waals surface area contributed by atoms with Crippen molar-refractivity contribution in [3.63, 3.8) is 0 Å². The van der Waals surface area contributed by atoms with Crippen LogP contribution >= 0.6 is 11.6 Å². The maximum atomic E-state index is 12.2. The van der Waals surface area contributed by atoms with E-state index in [9.17, 15) is 9.59 Å². The molecule has 1 unspecified atom stereocenters. The summed E-state index contributed by atoms with van der Waals surface area (Å²) < 4.78 is 4.92. The molecule has 5 nitrogen and oxygen atoms in total. The van der Waals surface area contributed by atoms with Crippen molar-refractivity contribution in [3.8, 4) is 0 Å². The van der Waals surface area contributed by atoms with Crippen LogP contribution in [0.1, 0.15) is 18.9 Å². The summed E-state index contributed by atoms with van der Waals surface area (Å²) >= 11 is 5.84. The van der Waals surface area contributed by atoms with Crippen molar-refractivity contribution >= 4 is 23.5 Å². The molecule has 1 atom stereocenters. The minimum atomic E-state index is -1.02. The van der Waals surface area contributed by atoms with Crippen LogP contribution in [-0.2, 0) is 20.7 Å². The zero-order valence-corrected chi connectivity index (χ0v) is 13.7. The van der Waals surface area contributed by atoms with Gasteiger partial charge >= 0.3 is 5.97 Å². The van der Waals surface area contributed by atoms with E-state index in [-0.39, 0.29) is 24.9 Å². The van der Waals surface area contributed by atoms with Crippen LogP contribution in [0.2, 0.25) is 5.02 Å². The number of carbonyl (C=O) groups excluding carboxylic acids is 1. The lowest BCUT2D eigenvalue weighted by Gasteiger charge is -2.22. The third-order valence-electron chi connectivity index (χ3n) is 3.26. The lowest BCUT2D eigenvalue weighted by Crippen LogP contribution is -2.38. The third kappa shape index (κ3) is 6.91. The van der Waals surface area contributed by atoms with E-state index in [1.165, 1.54) is 12.0 Å². The summed E-state index contributed by atoms with van der Waals surface area (Å²) in [6.07, 6.45) is 1.05. The highest BCUT2D eigenvalue weighted by molar-refractivity contribution is 6.30. The van der Waals surface area contributed by atoms with Crippen LogP contribution in [0, 0.1) is 5.92 Å². The van der Waals surface area contributed by atoms with Gasteiger partial charge in [-0.3, -0.25) is 9.59 Å². The summed E-state index contributed by atoms with van der Waals surface area (Å²) in [6.45, 7) is 2.29. The normalized spacial score (nSPS) is 12.0. The van der Waals surface area contributed by atoms with E-state index in [0.717, 1.165) is 12.0 Å². The van der Waals surface area contributed by atoms with Gasteiger partial charge in [-0.1, -0.05) is 30.7 Å². The number of benzene rings is 1. The fraction of sp³-hybridized carbons (Fsp3) is 0.500. The molecule has 0 fully saturated rings. The predicted octanol–water partition coefficient (Wildman–Crippen LogP) is 2.47. The van der Waals surface area contributed by atoms with Crippen LogP contribution in [0.15, 0.2) is 24.3 Å². The van der Waals surface area contributed by atoms with Crippen LogP contribution in [0.4, 0.5) is 0 Å². The molecule has 0 aliphatic rings. The molecular weight excluding hydrogens is 306 g/mol. The number of carboxylic acid groups (broad SMARTS) is 1. The number of halogens is 1. The average molecular weight is 328 g/mol. The van der Waals surface area contributed by atoms with Crippen LogP contribution in [-0.4, -0.2) is 48.7 Å². The van der Waals surface area contributed by atoms with Crippen molar-refractivity contribution in [1.29, 1.82) is 0 Å². The number of hydrogen-bond acceptors (Lipinski definition) is 3. The summed E-state index contributed by atoms with van der Waals surface area (Å²) in [6, 6.07) is 7.51. The Bertz CT molecular complexity index is 489. The number of ether oxygens (including phenoxy) is 1. The lowest BCUT2D eigenvalue weighted by molar-refractivity contribution is -0.145. The second-order valence-corrected chi connectivity index (χ2v) is 5.78. The predicted molar refractivity (Wildman–Crippen MR) is 85.0 cm³/mol. The largest absolute Gasteiger partial charge is 0.480 e. The molecule has 1 rings (SSSR count). The molecule has 0 spiro atoms. The van der Waals surface area contributed by atoms with Crippen LogP contribution in [0.3, 0.4) is 0 Å². The van der Waals surface area contributed by atoms with Crippen molar-refractivity contribution in [3.05, 3.63) is 34.9 Å². The molecule has 122 valence electrons.